The molecule has 1 aromatic heterocycles. The van der Waals surface area contributed by atoms with Crippen LogP contribution in [-0.4, -0.2) is 44.4 Å². The molecule has 0 spiro atoms. The normalized spacial score (nSPS) is 18.1. The first-order chi connectivity index (χ1) is 8.55. The molecule has 102 valence electrons. The maximum Gasteiger partial charge on any atom is 0.245 e. The van der Waals surface area contributed by atoms with Crippen molar-refractivity contribution in [2.24, 2.45) is 0 Å². The lowest BCUT2D eigenvalue weighted by Crippen LogP contribution is -2.37. The monoisotopic (exact) mass is 370 g/mol. The van der Waals surface area contributed by atoms with Crippen LogP contribution in [-0.2, 0) is 16.6 Å². The molecule has 1 aliphatic heterocycles. The Bertz CT molecular complexity index is 509. The highest BCUT2D eigenvalue weighted by Gasteiger charge is 2.29. The molecule has 8 heteroatoms. The largest absolute Gasteiger partial charge is 0.315 e. The van der Waals surface area contributed by atoms with Crippen LogP contribution >= 0.6 is 39.0 Å². The fraction of sp³-hybridized carbons (Fsp3) is 0.600. The lowest BCUT2D eigenvalue weighted by molar-refractivity contribution is 0.443. The quantitative estimate of drug-likeness (QED) is 0.879. The summed E-state index contributed by atoms with van der Waals surface area (Å²) >= 11 is 6.64. The summed E-state index contributed by atoms with van der Waals surface area (Å²) in [4.78, 5) is 1.43. The van der Waals surface area contributed by atoms with Crippen LogP contribution in [0.3, 0.4) is 0 Å². The molecule has 18 heavy (non-hydrogen) atoms. The Morgan fingerprint density at radius 1 is 1.44 bits per heavy atom. The van der Waals surface area contributed by atoms with Crippen LogP contribution in [0.2, 0.25) is 0 Å². The van der Waals surface area contributed by atoms with Crippen LogP contribution < -0.4 is 5.32 Å². The summed E-state index contributed by atoms with van der Waals surface area (Å²) in [5, 5.41) is 3.03. The second-order valence-corrected chi connectivity index (χ2v) is 9.48. The number of thioether (sulfide) groups is 1. The summed E-state index contributed by atoms with van der Waals surface area (Å²) in [6, 6.07) is 1.77. The third kappa shape index (κ3) is 3.10. The SMILES string of the molecule is CNCc1cc(S(=O)(=O)N2CCSCC2)c(Br)s1. The molecule has 0 bridgehead atoms. The van der Waals surface area contributed by atoms with Crippen LogP contribution in [0.5, 0.6) is 0 Å². The second kappa shape index (κ2) is 6.23. The molecule has 0 atom stereocenters. The lowest BCUT2D eigenvalue weighted by Gasteiger charge is -2.25. The minimum atomic E-state index is -3.33. The Morgan fingerprint density at radius 3 is 2.72 bits per heavy atom. The van der Waals surface area contributed by atoms with Crippen molar-refractivity contribution in [3.63, 3.8) is 0 Å². The van der Waals surface area contributed by atoms with Crippen LogP contribution in [0.1, 0.15) is 4.88 Å². The number of nitrogens with one attached hydrogen (secondary N) is 1. The standard InChI is InChI=1S/C10H15BrN2O2S3/c1-12-7-8-6-9(10(11)17-8)18(14,15)13-2-4-16-5-3-13/h6,12H,2-5,7H2,1H3. The van der Waals surface area contributed by atoms with Crippen molar-refractivity contribution in [3.05, 3.63) is 14.7 Å². The second-order valence-electron chi connectivity index (χ2n) is 3.90. The number of nitrogens with zero attached hydrogens (tertiary/aromatic N) is 1. The predicted molar refractivity (Wildman–Crippen MR) is 80.9 cm³/mol. The van der Waals surface area contributed by atoms with Crippen molar-refractivity contribution in [2.75, 3.05) is 31.6 Å². The smallest absolute Gasteiger partial charge is 0.245 e. The van der Waals surface area contributed by atoms with Crippen molar-refractivity contribution in [1.82, 2.24) is 9.62 Å². The molecule has 0 amide bonds. The van der Waals surface area contributed by atoms with Crippen molar-refractivity contribution in [1.29, 1.82) is 0 Å². The predicted octanol–water partition coefficient (Wildman–Crippen LogP) is 1.97. The van der Waals surface area contributed by atoms with E-state index in [1.807, 2.05) is 7.05 Å². The third-order valence-corrected chi connectivity index (χ3v) is 7.74. The Balaban J connectivity index is 2.28. The molecule has 2 rings (SSSR count). The summed E-state index contributed by atoms with van der Waals surface area (Å²) in [5.41, 5.74) is 0. The van der Waals surface area contributed by atoms with Gasteiger partial charge in [0.05, 0.1) is 3.79 Å². The van der Waals surface area contributed by atoms with Crippen LogP contribution in [0.15, 0.2) is 14.7 Å². The maximum absolute atomic E-state index is 12.5. The van der Waals surface area contributed by atoms with E-state index in [4.69, 9.17) is 0 Å². The first-order valence-electron chi connectivity index (χ1n) is 5.56. The van der Waals surface area contributed by atoms with E-state index in [2.05, 4.69) is 21.2 Å². The van der Waals surface area contributed by atoms with Gasteiger partial charge >= 0.3 is 0 Å². The minimum absolute atomic E-state index is 0.407. The number of rotatable bonds is 4. The molecule has 2 heterocycles. The third-order valence-electron chi connectivity index (χ3n) is 2.65. The molecule has 1 aliphatic rings. The molecule has 0 aliphatic carbocycles. The highest BCUT2D eigenvalue weighted by atomic mass is 79.9. The molecular formula is C10H15BrN2O2S3. The number of hydrogen-bond acceptors (Lipinski definition) is 5. The molecule has 0 unspecified atom stereocenters. The Morgan fingerprint density at radius 2 is 2.11 bits per heavy atom. The summed E-state index contributed by atoms with van der Waals surface area (Å²) in [7, 11) is -1.48. The summed E-state index contributed by atoms with van der Waals surface area (Å²) in [6.45, 7) is 1.90. The van der Waals surface area contributed by atoms with Gasteiger partial charge in [-0.05, 0) is 29.0 Å². The molecule has 0 saturated carbocycles. The zero-order valence-electron chi connectivity index (χ0n) is 9.98. The Labute approximate surface area is 124 Å². The van der Waals surface area contributed by atoms with Crippen molar-refractivity contribution < 1.29 is 8.42 Å². The van der Waals surface area contributed by atoms with E-state index in [0.717, 1.165) is 16.4 Å². The van der Waals surface area contributed by atoms with Gasteiger partial charge in [0.2, 0.25) is 10.0 Å². The van der Waals surface area contributed by atoms with Crippen LogP contribution in [0.25, 0.3) is 0 Å². The van der Waals surface area contributed by atoms with E-state index in [1.54, 1.807) is 22.1 Å². The van der Waals surface area contributed by atoms with Crippen LogP contribution in [0, 0.1) is 0 Å². The molecule has 0 aromatic carbocycles. The van der Waals surface area contributed by atoms with Crippen LogP contribution in [0.4, 0.5) is 0 Å². The molecule has 0 radical (unpaired) electrons. The fourth-order valence-electron chi connectivity index (χ4n) is 1.76. The fourth-order valence-corrected chi connectivity index (χ4v) is 6.98. The minimum Gasteiger partial charge on any atom is -0.315 e. The summed E-state index contributed by atoms with van der Waals surface area (Å²) in [5.74, 6) is 1.76. The van der Waals surface area contributed by atoms with Gasteiger partial charge in [-0.1, -0.05) is 0 Å². The number of sulfonamides is 1. The molecule has 1 aromatic rings. The first kappa shape index (κ1) is 14.8. The van der Waals surface area contributed by atoms with Gasteiger partial charge in [-0.15, -0.1) is 11.3 Å². The highest BCUT2D eigenvalue weighted by Crippen LogP contribution is 2.34. The van der Waals surface area contributed by atoms with E-state index in [0.29, 0.717) is 28.3 Å². The molecule has 4 nitrogen and oxygen atoms in total. The number of thiophene rings is 1. The van der Waals surface area contributed by atoms with Gasteiger partial charge < -0.3 is 5.32 Å². The van der Waals surface area contributed by atoms with Crippen molar-refractivity contribution in [2.45, 2.75) is 11.4 Å². The number of hydrogen-bond donors (Lipinski definition) is 1. The molecule has 1 fully saturated rings. The van der Waals surface area contributed by atoms with E-state index < -0.39 is 10.0 Å². The van der Waals surface area contributed by atoms with Crippen molar-refractivity contribution in [3.8, 4) is 0 Å². The Hall–Kier alpha value is 0.400. The molecular weight excluding hydrogens is 356 g/mol. The van der Waals surface area contributed by atoms with Gasteiger partial charge in [-0.3, -0.25) is 0 Å². The zero-order valence-corrected chi connectivity index (χ0v) is 14.0. The lowest BCUT2D eigenvalue weighted by atomic mass is 10.5. The van der Waals surface area contributed by atoms with E-state index in [-0.39, 0.29) is 0 Å². The average Bonchev–Trinajstić information content (AvgIpc) is 2.73. The maximum atomic E-state index is 12.5. The van der Waals surface area contributed by atoms with Gasteiger partial charge in [0.25, 0.3) is 0 Å². The highest BCUT2D eigenvalue weighted by molar-refractivity contribution is 9.11. The van der Waals surface area contributed by atoms with Gasteiger partial charge in [0, 0.05) is 36.0 Å². The van der Waals surface area contributed by atoms with E-state index >= 15 is 0 Å². The van der Waals surface area contributed by atoms with Crippen molar-refractivity contribution >= 4 is 49.1 Å². The van der Waals surface area contributed by atoms with Gasteiger partial charge in [0.15, 0.2) is 0 Å². The summed E-state index contributed by atoms with van der Waals surface area (Å²) < 4.78 is 27.3. The van der Waals surface area contributed by atoms with E-state index in [1.165, 1.54) is 11.3 Å². The molecule has 1 N–H and O–H groups in total. The topological polar surface area (TPSA) is 49.4 Å². The van der Waals surface area contributed by atoms with Gasteiger partial charge in [-0.25, -0.2) is 8.42 Å². The Kier molecular flexibility index (Phi) is 5.13. The van der Waals surface area contributed by atoms with Gasteiger partial charge in [0.1, 0.15) is 4.90 Å². The zero-order chi connectivity index (χ0) is 13.2. The first-order valence-corrected chi connectivity index (χ1v) is 9.77. The average molecular weight is 371 g/mol. The molecule has 1 saturated heterocycles. The summed E-state index contributed by atoms with van der Waals surface area (Å²) in [6.07, 6.45) is 0. The van der Waals surface area contributed by atoms with Gasteiger partial charge in [-0.2, -0.15) is 16.1 Å². The number of halogens is 1. The van der Waals surface area contributed by atoms with E-state index in [9.17, 15) is 8.42 Å².